The van der Waals surface area contributed by atoms with Crippen molar-refractivity contribution in [1.82, 2.24) is 9.97 Å². The van der Waals surface area contributed by atoms with Crippen LogP contribution in [0.1, 0.15) is 0 Å². The van der Waals surface area contributed by atoms with Gasteiger partial charge in [0.1, 0.15) is 17.3 Å². The van der Waals surface area contributed by atoms with Crippen LogP contribution in [0.3, 0.4) is 0 Å². The molecule has 6 nitrogen and oxygen atoms in total. The number of ether oxygens (including phenoxy) is 2. The van der Waals surface area contributed by atoms with Gasteiger partial charge in [0.15, 0.2) is 5.82 Å². The van der Waals surface area contributed by atoms with E-state index in [1.807, 2.05) is 12.1 Å². The molecule has 6 heteroatoms. The summed E-state index contributed by atoms with van der Waals surface area (Å²) in [6, 6.07) is 5.52. The zero-order valence-electron chi connectivity index (χ0n) is 11.1. The predicted octanol–water partition coefficient (Wildman–Crippen LogP) is 2.28. The zero-order chi connectivity index (χ0) is 13.7. The van der Waals surface area contributed by atoms with Gasteiger partial charge in [-0.2, -0.15) is 0 Å². The maximum Gasteiger partial charge on any atom is 0.151 e. The van der Waals surface area contributed by atoms with Gasteiger partial charge in [-0.15, -0.1) is 0 Å². The molecule has 0 saturated heterocycles. The van der Waals surface area contributed by atoms with Crippen LogP contribution in [0.15, 0.2) is 30.6 Å². The van der Waals surface area contributed by atoms with Crippen LogP contribution in [0.2, 0.25) is 0 Å². The van der Waals surface area contributed by atoms with Crippen molar-refractivity contribution in [3.63, 3.8) is 0 Å². The molecule has 0 amide bonds. The Morgan fingerprint density at radius 2 is 1.58 bits per heavy atom. The molecule has 0 fully saturated rings. The first-order valence-electron chi connectivity index (χ1n) is 5.75. The molecule has 0 atom stereocenters. The highest BCUT2D eigenvalue weighted by atomic mass is 16.5. The highest BCUT2D eigenvalue weighted by Crippen LogP contribution is 2.27. The number of anilines is 3. The van der Waals surface area contributed by atoms with Gasteiger partial charge < -0.3 is 20.1 Å². The molecule has 0 aliphatic rings. The van der Waals surface area contributed by atoms with Crippen molar-refractivity contribution in [3.05, 3.63) is 30.6 Å². The molecule has 2 aromatic rings. The average Bonchev–Trinajstić information content (AvgIpc) is 2.47. The number of benzene rings is 1. The lowest BCUT2D eigenvalue weighted by Gasteiger charge is -2.10. The smallest absolute Gasteiger partial charge is 0.151 e. The Bertz CT molecular complexity index is 538. The van der Waals surface area contributed by atoms with E-state index in [2.05, 4.69) is 20.6 Å². The van der Waals surface area contributed by atoms with E-state index in [4.69, 9.17) is 9.47 Å². The van der Waals surface area contributed by atoms with E-state index in [0.29, 0.717) is 23.1 Å². The number of nitrogens with one attached hydrogen (secondary N) is 2. The molecule has 19 heavy (non-hydrogen) atoms. The Morgan fingerprint density at radius 1 is 0.947 bits per heavy atom. The van der Waals surface area contributed by atoms with Gasteiger partial charge in [-0.1, -0.05) is 0 Å². The molecule has 1 aromatic heterocycles. The molecular weight excluding hydrogens is 244 g/mol. The summed E-state index contributed by atoms with van der Waals surface area (Å²) in [5.41, 5.74) is 0.818. The van der Waals surface area contributed by atoms with E-state index in [0.717, 1.165) is 5.69 Å². The molecular formula is C13H16N4O2. The van der Waals surface area contributed by atoms with Crippen molar-refractivity contribution in [2.45, 2.75) is 0 Å². The van der Waals surface area contributed by atoms with Gasteiger partial charge in [-0.25, -0.2) is 4.98 Å². The van der Waals surface area contributed by atoms with Crippen molar-refractivity contribution in [1.29, 1.82) is 0 Å². The third-order valence-corrected chi connectivity index (χ3v) is 2.51. The molecule has 0 saturated carbocycles. The summed E-state index contributed by atoms with van der Waals surface area (Å²) < 4.78 is 10.4. The normalized spacial score (nSPS) is 9.84. The number of hydrogen-bond acceptors (Lipinski definition) is 6. The van der Waals surface area contributed by atoms with Gasteiger partial charge >= 0.3 is 0 Å². The lowest BCUT2D eigenvalue weighted by atomic mass is 10.2. The monoisotopic (exact) mass is 260 g/mol. The minimum Gasteiger partial charge on any atom is -0.497 e. The van der Waals surface area contributed by atoms with Crippen LogP contribution in [-0.2, 0) is 0 Å². The summed E-state index contributed by atoms with van der Waals surface area (Å²) >= 11 is 0. The topological polar surface area (TPSA) is 68.3 Å². The summed E-state index contributed by atoms with van der Waals surface area (Å²) in [5.74, 6) is 2.75. The summed E-state index contributed by atoms with van der Waals surface area (Å²) in [6.07, 6.45) is 3.30. The predicted molar refractivity (Wildman–Crippen MR) is 74.4 cm³/mol. The van der Waals surface area contributed by atoms with Gasteiger partial charge in [0, 0.05) is 30.9 Å². The molecule has 0 spiro atoms. The van der Waals surface area contributed by atoms with Crippen molar-refractivity contribution in [2.24, 2.45) is 0 Å². The molecule has 0 bridgehead atoms. The first-order valence-corrected chi connectivity index (χ1v) is 5.75. The molecule has 1 aromatic carbocycles. The third-order valence-electron chi connectivity index (χ3n) is 2.51. The fraction of sp³-hybridized carbons (Fsp3) is 0.231. The minimum atomic E-state index is 0.641. The van der Waals surface area contributed by atoms with Gasteiger partial charge in [0.2, 0.25) is 0 Å². The standard InChI is InChI=1S/C13H16N4O2/c1-14-12-7-15-8-13(17-12)16-9-4-10(18-2)6-11(5-9)19-3/h4-8H,1-3H3,(H2,14,16,17). The van der Waals surface area contributed by atoms with Gasteiger partial charge in [-0.3, -0.25) is 4.98 Å². The van der Waals surface area contributed by atoms with Gasteiger partial charge in [0.25, 0.3) is 0 Å². The quantitative estimate of drug-likeness (QED) is 0.859. The molecule has 0 unspecified atom stereocenters. The Kier molecular flexibility index (Phi) is 4.02. The molecule has 0 radical (unpaired) electrons. The number of methoxy groups -OCH3 is 2. The van der Waals surface area contributed by atoms with Crippen molar-refractivity contribution in [2.75, 3.05) is 31.9 Å². The van der Waals surface area contributed by atoms with E-state index in [1.165, 1.54) is 0 Å². The summed E-state index contributed by atoms with van der Waals surface area (Å²) in [5, 5.41) is 6.09. The minimum absolute atomic E-state index is 0.641. The fourth-order valence-corrected chi connectivity index (χ4v) is 1.57. The van der Waals surface area contributed by atoms with Crippen LogP contribution in [-0.4, -0.2) is 31.2 Å². The number of aromatic nitrogens is 2. The summed E-state index contributed by atoms with van der Waals surface area (Å²) in [6.45, 7) is 0. The SMILES string of the molecule is CNc1cncc(Nc2cc(OC)cc(OC)c2)n1. The summed E-state index contributed by atoms with van der Waals surface area (Å²) in [4.78, 5) is 8.42. The van der Waals surface area contributed by atoms with Crippen LogP contribution in [0.25, 0.3) is 0 Å². The largest absolute Gasteiger partial charge is 0.497 e. The molecule has 0 aliphatic carbocycles. The molecule has 0 aliphatic heterocycles. The highest BCUT2D eigenvalue weighted by molar-refractivity contribution is 5.61. The van der Waals surface area contributed by atoms with E-state index >= 15 is 0 Å². The second kappa shape index (κ2) is 5.90. The number of nitrogens with zero attached hydrogens (tertiary/aromatic N) is 2. The Balaban J connectivity index is 2.26. The van der Waals surface area contributed by atoms with E-state index in [1.54, 1.807) is 39.7 Å². The third kappa shape index (κ3) is 3.25. The second-order valence-corrected chi connectivity index (χ2v) is 3.77. The van der Waals surface area contributed by atoms with Gasteiger partial charge in [0.05, 0.1) is 26.6 Å². The first-order chi connectivity index (χ1) is 9.25. The van der Waals surface area contributed by atoms with Crippen LogP contribution in [0.4, 0.5) is 17.3 Å². The Hall–Kier alpha value is -2.50. The van der Waals surface area contributed by atoms with Gasteiger partial charge in [-0.05, 0) is 0 Å². The van der Waals surface area contributed by atoms with Crippen LogP contribution in [0.5, 0.6) is 11.5 Å². The van der Waals surface area contributed by atoms with E-state index in [9.17, 15) is 0 Å². The zero-order valence-corrected chi connectivity index (χ0v) is 11.1. The van der Waals surface area contributed by atoms with Crippen LogP contribution >= 0.6 is 0 Å². The van der Waals surface area contributed by atoms with Crippen LogP contribution in [0, 0.1) is 0 Å². The molecule has 100 valence electrons. The fourth-order valence-electron chi connectivity index (χ4n) is 1.57. The lowest BCUT2D eigenvalue weighted by Crippen LogP contribution is -1.99. The van der Waals surface area contributed by atoms with E-state index in [-0.39, 0.29) is 0 Å². The molecule has 2 rings (SSSR count). The number of hydrogen-bond donors (Lipinski definition) is 2. The Labute approximate surface area is 111 Å². The lowest BCUT2D eigenvalue weighted by molar-refractivity contribution is 0.395. The highest BCUT2D eigenvalue weighted by Gasteiger charge is 2.03. The first kappa shape index (κ1) is 12.9. The van der Waals surface area contributed by atoms with Crippen molar-refractivity contribution >= 4 is 17.3 Å². The molecule has 1 heterocycles. The van der Waals surface area contributed by atoms with Crippen LogP contribution < -0.4 is 20.1 Å². The molecule has 2 N–H and O–H groups in total. The summed E-state index contributed by atoms with van der Waals surface area (Å²) in [7, 11) is 5.02. The Morgan fingerprint density at radius 3 is 2.16 bits per heavy atom. The van der Waals surface area contributed by atoms with E-state index < -0.39 is 0 Å². The maximum atomic E-state index is 5.21. The number of rotatable bonds is 5. The maximum absolute atomic E-state index is 5.21. The van der Waals surface area contributed by atoms with Crippen molar-refractivity contribution in [3.8, 4) is 11.5 Å². The second-order valence-electron chi connectivity index (χ2n) is 3.77. The van der Waals surface area contributed by atoms with Crippen molar-refractivity contribution < 1.29 is 9.47 Å². The average molecular weight is 260 g/mol.